The number of halogens is 3. The number of methoxy groups -OCH3 is 1. The summed E-state index contributed by atoms with van der Waals surface area (Å²) < 4.78 is 46.5. The van der Waals surface area contributed by atoms with Crippen molar-refractivity contribution < 1.29 is 22.7 Å². The van der Waals surface area contributed by atoms with Gasteiger partial charge in [-0.3, -0.25) is 9.20 Å². The van der Waals surface area contributed by atoms with Crippen molar-refractivity contribution in [1.82, 2.24) is 19.4 Å². The number of fused-ring (bicyclic) bond motifs is 1. The molecule has 1 amide bonds. The van der Waals surface area contributed by atoms with Gasteiger partial charge in [-0.05, 0) is 43.5 Å². The van der Waals surface area contributed by atoms with Crippen LogP contribution in [0.3, 0.4) is 0 Å². The van der Waals surface area contributed by atoms with Crippen molar-refractivity contribution >= 4 is 23.1 Å². The standard InChI is InChI=1S/C26H27F3N6O2/c1-14(2)11-20(37-4)19-13-32-24(30)23-22(33-15(3)35(19)23)16-5-7-17(8-6-16)25(36)34-21-12-18(9-10-31-21)26(27,28)29/h5-10,12-14,20H,11H2,1-4H3,(H2,30,32)(H,31,34,36). The molecule has 37 heavy (non-hydrogen) atoms. The maximum Gasteiger partial charge on any atom is 0.416 e. The molecule has 4 aromatic rings. The molecule has 0 saturated heterocycles. The Morgan fingerprint density at radius 2 is 1.86 bits per heavy atom. The zero-order valence-corrected chi connectivity index (χ0v) is 20.8. The van der Waals surface area contributed by atoms with Crippen LogP contribution in [-0.4, -0.2) is 32.4 Å². The maximum atomic E-state index is 13.0. The molecule has 0 spiro atoms. The highest BCUT2D eigenvalue weighted by Crippen LogP contribution is 2.33. The molecule has 1 unspecified atom stereocenters. The number of benzene rings is 1. The third kappa shape index (κ3) is 5.41. The lowest BCUT2D eigenvalue weighted by Crippen LogP contribution is -2.14. The Morgan fingerprint density at radius 3 is 2.49 bits per heavy atom. The summed E-state index contributed by atoms with van der Waals surface area (Å²) in [6, 6.07) is 8.14. The Morgan fingerprint density at radius 1 is 1.16 bits per heavy atom. The number of amides is 1. The number of anilines is 2. The highest BCUT2D eigenvalue weighted by molar-refractivity contribution is 6.04. The average Bonchev–Trinajstić information content (AvgIpc) is 3.21. The molecule has 3 N–H and O–H groups in total. The topological polar surface area (TPSA) is 107 Å². The van der Waals surface area contributed by atoms with E-state index in [0.29, 0.717) is 34.3 Å². The van der Waals surface area contributed by atoms with Gasteiger partial charge < -0.3 is 15.8 Å². The van der Waals surface area contributed by atoms with Crippen LogP contribution < -0.4 is 11.1 Å². The predicted molar refractivity (Wildman–Crippen MR) is 134 cm³/mol. The smallest absolute Gasteiger partial charge is 0.382 e. The zero-order chi connectivity index (χ0) is 26.9. The minimum Gasteiger partial charge on any atom is -0.382 e. The Hall–Kier alpha value is -3.99. The SMILES string of the molecule is COC(CC(C)C)c1cnc(N)c2c(-c3ccc(C(=O)Nc4cc(C(F)(F)F)ccn4)cc3)nc(C)n12. The van der Waals surface area contributed by atoms with Crippen LogP contribution in [0.1, 0.15) is 53.8 Å². The number of ether oxygens (including phenoxy) is 1. The maximum absolute atomic E-state index is 13.0. The molecule has 0 radical (unpaired) electrons. The predicted octanol–water partition coefficient (Wildman–Crippen LogP) is 5.69. The molecule has 11 heteroatoms. The van der Waals surface area contributed by atoms with Gasteiger partial charge >= 0.3 is 6.18 Å². The van der Waals surface area contributed by atoms with Crippen molar-refractivity contribution in [3.05, 3.63) is 71.4 Å². The Kier molecular flexibility index (Phi) is 7.17. The van der Waals surface area contributed by atoms with Crippen molar-refractivity contribution in [3.8, 4) is 11.3 Å². The highest BCUT2D eigenvalue weighted by atomic mass is 19.4. The second kappa shape index (κ2) is 10.2. The first kappa shape index (κ1) is 26.1. The number of imidazole rings is 1. The first-order valence-electron chi connectivity index (χ1n) is 11.6. The summed E-state index contributed by atoms with van der Waals surface area (Å²) >= 11 is 0. The van der Waals surface area contributed by atoms with Crippen molar-refractivity contribution in [3.63, 3.8) is 0 Å². The van der Waals surface area contributed by atoms with E-state index in [9.17, 15) is 18.0 Å². The van der Waals surface area contributed by atoms with Gasteiger partial charge in [-0.2, -0.15) is 13.2 Å². The van der Waals surface area contributed by atoms with E-state index in [2.05, 4.69) is 29.1 Å². The molecule has 0 fully saturated rings. The lowest BCUT2D eigenvalue weighted by atomic mass is 10.0. The number of carbonyl (C=O) groups is 1. The van der Waals surface area contributed by atoms with E-state index in [1.54, 1.807) is 37.6 Å². The van der Waals surface area contributed by atoms with Crippen LogP contribution in [0.15, 0.2) is 48.8 Å². The zero-order valence-electron chi connectivity index (χ0n) is 20.8. The minimum absolute atomic E-state index is 0.194. The van der Waals surface area contributed by atoms with Crippen molar-refractivity contribution in [1.29, 1.82) is 0 Å². The van der Waals surface area contributed by atoms with Crippen LogP contribution >= 0.6 is 0 Å². The van der Waals surface area contributed by atoms with Crippen molar-refractivity contribution in [2.75, 3.05) is 18.2 Å². The molecule has 0 saturated carbocycles. The molecule has 0 aliphatic heterocycles. The third-order valence-corrected chi connectivity index (χ3v) is 5.93. The fraction of sp³-hybridized carbons (Fsp3) is 0.308. The van der Waals surface area contributed by atoms with Gasteiger partial charge in [0.15, 0.2) is 0 Å². The van der Waals surface area contributed by atoms with E-state index < -0.39 is 17.6 Å². The molecule has 4 rings (SSSR count). The number of alkyl halides is 3. The van der Waals surface area contributed by atoms with E-state index in [0.717, 1.165) is 30.4 Å². The molecule has 0 aliphatic carbocycles. The highest BCUT2D eigenvalue weighted by Gasteiger charge is 2.31. The van der Waals surface area contributed by atoms with Crippen molar-refractivity contribution in [2.45, 2.75) is 39.5 Å². The van der Waals surface area contributed by atoms with Crippen LogP contribution in [0.4, 0.5) is 24.8 Å². The number of nitrogen functional groups attached to an aromatic ring is 1. The van der Waals surface area contributed by atoms with Gasteiger partial charge in [-0.15, -0.1) is 0 Å². The Balaban J connectivity index is 1.65. The summed E-state index contributed by atoms with van der Waals surface area (Å²) in [5.74, 6) is 0.614. The molecule has 3 aromatic heterocycles. The molecular formula is C26H27F3N6O2. The van der Waals surface area contributed by atoms with Crippen LogP contribution in [0, 0.1) is 12.8 Å². The van der Waals surface area contributed by atoms with Crippen molar-refractivity contribution in [2.24, 2.45) is 5.92 Å². The number of nitrogens with one attached hydrogen (secondary N) is 1. The number of nitrogens with zero attached hydrogens (tertiary/aromatic N) is 4. The number of hydrogen-bond donors (Lipinski definition) is 2. The molecule has 1 aromatic carbocycles. The minimum atomic E-state index is -4.54. The monoisotopic (exact) mass is 512 g/mol. The Labute approximate surface area is 211 Å². The fourth-order valence-electron chi connectivity index (χ4n) is 4.18. The summed E-state index contributed by atoms with van der Waals surface area (Å²) in [5, 5.41) is 2.40. The Bertz CT molecular complexity index is 1430. The second-order valence-corrected chi connectivity index (χ2v) is 9.07. The average molecular weight is 513 g/mol. The summed E-state index contributed by atoms with van der Waals surface area (Å²) in [5.41, 5.74) is 8.36. The number of rotatable bonds is 7. The third-order valence-electron chi connectivity index (χ3n) is 5.93. The van der Waals surface area contributed by atoms with E-state index in [4.69, 9.17) is 15.5 Å². The lowest BCUT2D eigenvalue weighted by Gasteiger charge is -2.20. The molecular weight excluding hydrogens is 485 g/mol. The number of hydrogen-bond acceptors (Lipinski definition) is 6. The number of aryl methyl sites for hydroxylation is 1. The molecule has 0 bridgehead atoms. The van der Waals surface area contributed by atoms with Gasteiger partial charge in [-0.1, -0.05) is 26.0 Å². The molecule has 194 valence electrons. The number of aromatic nitrogens is 4. The molecule has 1 atom stereocenters. The van der Waals surface area contributed by atoms with E-state index in [1.165, 1.54) is 0 Å². The van der Waals surface area contributed by atoms with Gasteiger partial charge in [-0.25, -0.2) is 15.0 Å². The van der Waals surface area contributed by atoms with Gasteiger partial charge in [0.2, 0.25) is 0 Å². The molecule has 8 nitrogen and oxygen atoms in total. The number of pyridine rings is 1. The van der Waals surface area contributed by atoms with Crippen LogP contribution in [0.2, 0.25) is 0 Å². The van der Waals surface area contributed by atoms with Gasteiger partial charge in [0, 0.05) is 24.4 Å². The molecule has 3 heterocycles. The summed E-state index contributed by atoms with van der Waals surface area (Å²) in [4.78, 5) is 25.5. The summed E-state index contributed by atoms with van der Waals surface area (Å²) in [7, 11) is 1.65. The van der Waals surface area contributed by atoms with E-state index >= 15 is 0 Å². The normalized spacial score (nSPS) is 12.8. The van der Waals surface area contributed by atoms with Crippen LogP contribution in [0.5, 0.6) is 0 Å². The van der Waals surface area contributed by atoms with Gasteiger partial charge in [0.1, 0.15) is 28.7 Å². The van der Waals surface area contributed by atoms with E-state index in [-0.39, 0.29) is 17.5 Å². The first-order valence-corrected chi connectivity index (χ1v) is 11.6. The molecule has 0 aliphatic rings. The second-order valence-electron chi connectivity index (χ2n) is 9.07. The quantitative estimate of drug-likeness (QED) is 0.330. The van der Waals surface area contributed by atoms with E-state index in [1.807, 2.05) is 11.3 Å². The summed E-state index contributed by atoms with van der Waals surface area (Å²) in [6.07, 6.45) is -1.26. The van der Waals surface area contributed by atoms with Crippen LogP contribution in [0.25, 0.3) is 16.8 Å². The largest absolute Gasteiger partial charge is 0.416 e. The first-order chi connectivity index (χ1) is 17.5. The summed E-state index contributed by atoms with van der Waals surface area (Å²) in [6.45, 7) is 6.09. The van der Waals surface area contributed by atoms with Gasteiger partial charge in [0.05, 0.1) is 23.6 Å². The number of nitrogens with two attached hydrogens (primary N) is 1. The number of carbonyl (C=O) groups excluding carboxylic acids is 1. The fourth-order valence-corrected chi connectivity index (χ4v) is 4.18. The lowest BCUT2D eigenvalue weighted by molar-refractivity contribution is -0.137. The van der Waals surface area contributed by atoms with Crippen LogP contribution in [-0.2, 0) is 10.9 Å². The van der Waals surface area contributed by atoms with Gasteiger partial charge in [0.25, 0.3) is 5.91 Å².